The standard InChI is InChI=1S/C9H19NO3/c1-10(7-8-13-2)6-4-3-5-9(11)12/h3-8H2,1-2H3,(H,11,12). The van der Waals surface area contributed by atoms with Crippen LogP contribution in [0.15, 0.2) is 0 Å². The molecule has 13 heavy (non-hydrogen) atoms. The van der Waals surface area contributed by atoms with Crippen LogP contribution in [0.3, 0.4) is 0 Å². The van der Waals surface area contributed by atoms with Crippen molar-refractivity contribution in [3.05, 3.63) is 0 Å². The van der Waals surface area contributed by atoms with Crippen molar-refractivity contribution in [3.8, 4) is 0 Å². The van der Waals surface area contributed by atoms with Crippen LogP contribution in [0.2, 0.25) is 0 Å². The molecule has 0 fully saturated rings. The number of carboxylic acids is 1. The molecule has 0 bridgehead atoms. The van der Waals surface area contributed by atoms with Crippen LogP contribution in [0, 0.1) is 0 Å². The summed E-state index contributed by atoms with van der Waals surface area (Å²) >= 11 is 0. The average molecular weight is 189 g/mol. The summed E-state index contributed by atoms with van der Waals surface area (Å²) in [7, 11) is 3.69. The van der Waals surface area contributed by atoms with E-state index in [-0.39, 0.29) is 6.42 Å². The molecule has 1 N–H and O–H groups in total. The molecule has 0 aromatic heterocycles. The molecule has 0 rings (SSSR count). The first-order valence-electron chi connectivity index (χ1n) is 4.56. The van der Waals surface area contributed by atoms with Crippen molar-refractivity contribution in [1.29, 1.82) is 0 Å². The van der Waals surface area contributed by atoms with Crippen LogP contribution in [0.5, 0.6) is 0 Å². The maximum absolute atomic E-state index is 10.2. The number of rotatable bonds is 8. The first-order chi connectivity index (χ1) is 6.16. The zero-order valence-electron chi connectivity index (χ0n) is 8.45. The fourth-order valence-corrected chi connectivity index (χ4v) is 1.02. The molecule has 0 aliphatic heterocycles. The number of unbranched alkanes of at least 4 members (excludes halogenated alkanes) is 1. The summed E-state index contributed by atoms with van der Waals surface area (Å²) in [4.78, 5) is 12.3. The van der Waals surface area contributed by atoms with E-state index in [0.717, 1.165) is 32.5 Å². The van der Waals surface area contributed by atoms with Crippen LogP contribution in [0.1, 0.15) is 19.3 Å². The van der Waals surface area contributed by atoms with Gasteiger partial charge in [0, 0.05) is 20.1 Å². The number of aliphatic carboxylic acids is 1. The minimum Gasteiger partial charge on any atom is -0.481 e. The van der Waals surface area contributed by atoms with Crippen molar-refractivity contribution in [2.75, 3.05) is 33.9 Å². The summed E-state index contributed by atoms with van der Waals surface area (Å²) in [6.45, 7) is 2.58. The first kappa shape index (κ1) is 12.4. The summed E-state index contributed by atoms with van der Waals surface area (Å²) < 4.78 is 4.92. The van der Waals surface area contributed by atoms with E-state index >= 15 is 0 Å². The number of methoxy groups -OCH3 is 1. The van der Waals surface area contributed by atoms with Gasteiger partial charge in [-0.1, -0.05) is 0 Å². The van der Waals surface area contributed by atoms with Gasteiger partial charge in [-0.2, -0.15) is 0 Å². The highest BCUT2D eigenvalue weighted by atomic mass is 16.5. The fourth-order valence-electron chi connectivity index (χ4n) is 1.02. The van der Waals surface area contributed by atoms with Crippen molar-refractivity contribution in [3.63, 3.8) is 0 Å². The molecule has 0 aromatic carbocycles. The summed E-state index contributed by atoms with van der Waals surface area (Å²) in [6.07, 6.45) is 1.97. The number of likely N-dealkylation sites (N-methyl/N-ethyl adjacent to an activating group) is 1. The molecule has 78 valence electrons. The normalized spacial score (nSPS) is 10.7. The number of hydrogen-bond donors (Lipinski definition) is 1. The van der Waals surface area contributed by atoms with Gasteiger partial charge in [-0.25, -0.2) is 0 Å². The SMILES string of the molecule is COCCN(C)CCCCC(=O)O. The zero-order chi connectivity index (χ0) is 10.1. The molecule has 0 amide bonds. The van der Waals surface area contributed by atoms with E-state index in [1.165, 1.54) is 0 Å². The molecule has 0 saturated carbocycles. The molecule has 0 radical (unpaired) electrons. The number of hydrogen-bond acceptors (Lipinski definition) is 3. The number of carbonyl (C=O) groups is 1. The molecule has 0 aliphatic carbocycles. The van der Waals surface area contributed by atoms with E-state index in [0.29, 0.717) is 0 Å². The van der Waals surface area contributed by atoms with Crippen molar-refractivity contribution in [2.24, 2.45) is 0 Å². The van der Waals surface area contributed by atoms with Gasteiger partial charge in [0.2, 0.25) is 0 Å². The van der Waals surface area contributed by atoms with Crippen molar-refractivity contribution in [2.45, 2.75) is 19.3 Å². The van der Waals surface area contributed by atoms with Gasteiger partial charge in [0.25, 0.3) is 0 Å². The second-order valence-corrected chi connectivity index (χ2v) is 3.15. The Hall–Kier alpha value is -0.610. The summed E-state index contributed by atoms with van der Waals surface area (Å²) in [5.41, 5.74) is 0. The van der Waals surface area contributed by atoms with Crippen LogP contribution < -0.4 is 0 Å². The minimum absolute atomic E-state index is 0.276. The largest absolute Gasteiger partial charge is 0.481 e. The van der Waals surface area contributed by atoms with Crippen LogP contribution in [-0.2, 0) is 9.53 Å². The van der Waals surface area contributed by atoms with Gasteiger partial charge in [0.15, 0.2) is 0 Å². The van der Waals surface area contributed by atoms with E-state index in [1.807, 2.05) is 7.05 Å². The van der Waals surface area contributed by atoms with E-state index in [1.54, 1.807) is 7.11 Å². The van der Waals surface area contributed by atoms with Gasteiger partial charge < -0.3 is 14.7 Å². The first-order valence-corrected chi connectivity index (χ1v) is 4.56. The van der Waals surface area contributed by atoms with Gasteiger partial charge in [-0.3, -0.25) is 4.79 Å². The van der Waals surface area contributed by atoms with Crippen LogP contribution >= 0.6 is 0 Å². The second-order valence-electron chi connectivity index (χ2n) is 3.15. The van der Waals surface area contributed by atoms with Gasteiger partial charge in [0.05, 0.1) is 6.61 Å². The monoisotopic (exact) mass is 189 g/mol. The zero-order valence-corrected chi connectivity index (χ0v) is 8.45. The lowest BCUT2D eigenvalue weighted by molar-refractivity contribution is -0.137. The highest BCUT2D eigenvalue weighted by Gasteiger charge is 1.99. The predicted molar refractivity (Wildman–Crippen MR) is 50.9 cm³/mol. The molecule has 0 atom stereocenters. The number of ether oxygens (including phenoxy) is 1. The average Bonchev–Trinajstić information content (AvgIpc) is 2.08. The Balaban J connectivity index is 3.16. The molecule has 0 saturated heterocycles. The number of carboxylic acid groups (broad SMARTS) is 1. The molecule has 0 unspecified atom stereocenters. The molecule has 0 heterocycles. The summed E-state index contributed by atoms with van der Waals surface area (Å²) in [5.74, 6) is -0.709. The quantitative estimate of drug-likeness (QED) is 0.574. The maximum Gasteiger partial charge on any atom is 0.303 e. The van der Waals surface area contributed by atoms with Gasteiger partial charge in [0.1, 0.15) is 0 Å². The molecule has 0 aliphatic rings. The highest BCUT2D eigenvalue weighted by molar-refractivity contribution is 5.66. The predicted octanol–water partition coefficient (Wildman–Crippen LogP) is 0.820. The van der Waals surface area contributed by atoms with E-state index < -0.39 is 5.97 Å². The van der Waals surface area contributed by atoms with Crippen LogP contribution in [-0.4, -0.2) is 49.8 Å². The van der Waals surface area contributed by atoms with Crippen LogP contribution in [0.25, 0.3) is 0 Å². The van der Waals surface area contributed by atoms with E-state index in [4.69, 9.17) is 9.84 Å². The Bertz CT molecular complexity index is 139. The molecular weight excluding hydrogens is 170 g/mol. The maximum atomic E-state index is 10.2. The Morgan fingerprint density at radius 2 is 2.08 bits per heavy atom. The molecule has 4 nitrogen and oxygen atoms in total. The van der Waals surface area contributed by atoms with E-state index in [2.05, 4.69) is 4.90 Å². The lowest BCUT2D eigenvalue weighted by Gasteiger charge is -2.15. The molecule has 0 spiro atoms. The van der Waals surface area contributed by atoms with Crippen molar-refractivity contribution in [1.82, 2.24) is 4.90 Å². The summed E-state index contributed by atoms with van der Waals surface area (Å²) in [5, 5.41) is 8.39. The van der Waals surface area contributed by atoms with Crippen molar-refractivity contribution >= 4 is 5.97 Å². The Kier molecular flexibility index (Phi) is 7.63. The molecule has 4 heteroatoms. The van der Waals surface area contributed by atoms with Gasteiger partial charge >= 0.3 is 5.97 Å². The lowest BCUT2D eigenvalue weighted by Crippen LogP contribution is -2.23. The molecular formula is C9H19NO3. The van der Waals surface area contributed by atoms with Crippen molar-refractivity contribution < 1.29 is 14.6 Å². The van der Waals surface area contributed by atoms with Gasteiger partial charge in [-0.15, -0.1) is 0 Å². The lowest BCUT2D eigenvalue weighted by atomic mass is 10.2. The van der Waals surface area contributed by atoms with Crippen LogP contribution in [0.4, 0.5) is 0 Å². The topological polar surface area (TPSA) is 49.8 Å². The summed E-state index contributed by atoms with van der Waals surface area (Å²) in [6, 6.07) is 0. The smallest absolute Gasteiger partial charge is 0.303 e. The Labute approximate surface area is 79.5 Å². The third-order valence-electron chi connectivity index (χ3n) is 1.86. The Morgan fingerprint density at radius 3 is 2.62 bits per heavy atom. The number of nitrogens with zero attached hydrogens (tertiary/aromatic N) is 1. The second kappa shape index (κ2) is 8.01. The highest BCUT2D eigenvalue weighted by Crippen LogP contribution is 1.97. The minimum atomic E-state index is -0.709. The Morgan fingerprint density at radius 1 is 1.38 bits per heavy atom. The fraction of sp³-hybridized carbons (Fsp3) is 0.889. The third-order valence-corrected chi connectivity index (χ3v) is 1.86. The van der Waals surface area contributed by atoms with E-state index in [9.17, 15) is 4.79 Å². The third kappa shape index (κ3) is 9.30. The molecule has 0 aromatic rings. The van der Waals surface area contributed by atoms with Gasteiger partial charge in [-0.05, 0) is 26.4 Å².